The lowest BCUT2D eigenvalue weighted by Gasteiger charge is -2.05. The molecule has 20 heavy (non-hydrogen) atoms. The van der Waals surface area contributed by atoms with Crippen LogP contribution in [0.1, 0.15) is 5.56 Å². The van der Waals surface area contributed by atoms with Gasteiger partial charge in [0.25, 0.3) is 5.56 Å². The molecule has 1 aromatic heterocycles. The fourth-order valence-corrected chi connectivity index (χ4v) is 2.51. The van der Waals surface area contributed by atoms with Crippen molar-refractivity contribution in [1.29, 1.82) is 0 Å². The first-order valence-corrected chi connectivity index (χ1v) is 6.70. The Balaban J connectivity index is 2.07. The lowest BCUT2D eigenvalue weighted by Crippen LogP contribution is -2.24. The molecule has 0 bridgehead atoms. The summed E-state index contributed by atoms with van der Waals surface area (Å²) in [5.41, 5.74) is 0.953. The first-order valence-electron chi connectivity index (χ1n) is 5.91. The van der Waals surface area contributed by atoms with Crippen molar-refractivity contribution in [3.8, 4) is 0 Å². The van der Waals surface area contributed by atoms with E-state index in [0.29, 0.717) is 20.9 Å². The van der Waals surface area contributed by atoms with Gasteiger partial charge in [-0.2, -0.15) is 0 Å². The summed E-state index contributed by atoms with van der Waals surface area (Å²) in [5, 5.41) is 8.37. The number of benzene rings is 2. The molecule has 0 radical (unpaired) electrons. The molecule has 6 heteroatoms. The van der Waals surface area contributed by atoms with Crippen molar-refractivity contribution in [3.63, 3.8) is 0 Å². The Hall–Kier alpha value is -2.08. The van der Waals surface area contributed by atoms with Gasteiger partial charge in [0.1, 0.15) is 11.3 Å². The molecular weight excluding hydrogens is 325 g/mol. The largest absolute Gasteiger partial charge is 0.277 e. The van der Waals surface area contributed by atoms with Gasteiger partial charge in [0.2, 0.25) is 0 Å². The summed E-state index contributed by atoms with van der Waals surface area (Å²) in [6.07, 6.45) is 0. The Kier molecular flexibility index (Phi) is 3.31. The molecule has 0 spiro atoms. The fourth-order valence-electron chi connectivity index (χ4n) is 2.00. The number of nitrogens with zero attached hydrogens (tertiary/aromatic N) is 3. The zero-order chi connectivity index (χ0) is 14.1. The number of fused-ring (bicyclic) bond motifs is 1. The van der Waals surface area contributed by atoms with E-state index in [1.165, 1.54) is 16.8 Å². The van der Waals surface area contributed by atoms with Crippen LogP contribution in [0.3, 0.4) is 0 Å². The Labute approximate surface area is 122 Å². The predicted octanol–water partition coefficient (Wildman–Crippen LogP) is 2.74. The first-order chi connectivity index (χ1) is 9.63. The summed E-state index contributed by atoms with van der Waals surface area (Å²) >= 11 is 3.22. The van der Waals surface area contributed by atoms with Crippen LogP contribution in [0.5, 0.6) is 0 Å². The average Bonchev–Trinajstić information content (AvgIpc) is 2.41. The van der Waals surface area contributed by atoms with Crippen LogP contribution in [0.15, 0.2) is 51.7 Å². The van der Waals surface area contributed by atoms with Crippen molar-refractivity contribution in [2.24, 2.45) is 0 Å². The van der Waals surface area contributed by atoms with Crippen molar-refractivity contribution >= 4 is 26.8 Å². The van der Waals surface area contributed by atoms with Gasteiger partial charge >= 0.3 is 0 Å². The SMILES string of the molecule is O=c1c2ccccc2nnn1Cc1cc(F)cc(Br)c1. The zero-order valence-corrected chi connectivity index (χ0v) is 11.8. The fraction of sp³-hybridized carbons (Fsp3) is 0.0714. The Morgan fingerprint density at radius 2 is 2.00 bits per heavy atom. The van der Waals surface area contributed by atoms with E-state index in [1.807, 2.05) is 0 Å². The van der Waals surface area contributed by atoms with Crippen LogP contribution in [0.25, 0.3) is 10.9 Å². The Bertz CT molecular complexity index is 827. The normalized spacial score (nSPS) is 10.9. The average molecular weight is 334 g/mol. The van der Waals surface area contributed by atoms with Gasteiger partial charge in [0.05, 0.1) is 11.9 Å². The number of hydrogen-bond acceptors (Lipinski definition) is 3. The summed E-state index contributed by atoms with van der Waals surface area (Å²) in [5.74, 6) is -0.365. The molecule has 0 aliphatic carbocycles. The topological polar surface area (TPSA) is 47.8 Å². The molecule has 2 aromatic carbocycles. The van der Waals surface area contributed by atoms with E-state index in [2.05, 4.69) is 26.2 Å². The highest BCUT2D eigenvalue weighted by Crippen LogP contribution is 2.15. The number of hydrogen-bond donors (Lipinski definition) is 0. The second-order valence-electron chi connectivity index (χ2n) is 4.35. The van der Waals surface area contributed by atoms with Crippen LogP contribution < -0.4 is 5.56 Å². The van der Waals surface area contributed by atoms with E-state index < -0.39 is 0 Å². The molecule has 0 saturated carbocycles. The summed E-state index contributed by atoms with van der Waals surface area (Å²) in [6.45, 7) is 0.174. The lowest BCUT2D eigenvalue weighted by atomic mass is 10.2. The van der Waals surface area contributed by atoms with Crippen molar-refractivity contribution < 1.29 is 4.39 Å². The van der Waals surface area contributed by atoms with E-state index in [0.717, 1.165) is 0 Å². The second-order valence-corrected chi connectivity index (χ2v) is 5.26. The molecule has 0 aliphatic rings. The van der Waals surface area contributed by atoms with Crippen LogP contribution in [0, 0.1) is 5.82 Å². The summed E-state index contributed by atoms with van der Waals surface area (Å²) in [7, 11) is 0. The highest BCUT2D eigenvalue weighted by Gasteiger charge is 2.07. The molecule has 4 nitrogen and oxygen atoms in total. The summed E-state index contributed by atoms with van der Waals surface area (Å²) in [4.78, 5) is 12.3. The van der Waals surface area contributed by atoms with Gasteiger partial charge < -0.3 is 0 Å². The van der Waals surface area contributed by atoms with Crippen molar-refractivity contribution in [2.75, 3.05) is 0 Å². The van der Waals surface area contributed by atoms with E-state index in [-0.39, 0.29) is 17.9 Å². The van der Waals surface area contributed by atoms with E-state index in [4.69, 9.17) is 0 Å². The second kappa shape index (κ2) is 5.13. The van der Waals surface area contributed by atoms with E-state index in [1.54, 1.807) is 30.3 Å². The van der Waals surface area contributed by atoms with Crippen LogP contribution in [0.4, 0.5) is 4.39 Å². The molecule has 0 atom stereocenters. The minimum absolute atomic E-state index is 0.174. The van der Waals surface area contributed by atoms with Crippen molar-refractivity contribution in [3.05, 3.63) is 68.7 Å². The minimum atomic E-state index is -0.365. The highest BCUT2D eigenvalue weighted by molar-refractivity contribution is 9.10. The van der Waals surface area contributed by atoms with Gasteiger partial charge in [-0.1, -0.05) is 33.3 Å². The molecule has 0 amide bonds. The predicted molar refractivity (Wildman–Crippen MR) is 77.0 cm³/mol. The summed E-state index contributed by atoms with van der Waals surface area (Å²) in [6, 6.07) is 11.5. The number of rotatable bonds is 2. The van der Waals surface area contributed by atoms with Crippen molar-refractivity contribution in [1.82, 2.24) is 15.0 Å². The smallest absolute Gasteiger partial charge is 0.267 e. The number of halogens is 2. The van der Waals surface area contributed by atoms with Crippen molar-refractivity contribution in [2.45, 2.75) is 6.54 Å². The van der Waals surface area contributed by atoms with Crippen LogP contribution >= 0.6 is 15.9 Å². The third-order valence-corrected chi connectivity index (χ3v) is 3.34. The maximum atomic E-state index is 13.3. The molecule has 0 N–H and O–H groups in total. The third-order valence-electron chi connectivity index (χ3n) is 2.88. The molecule has 3 aromatic rings. The standard InChI is InChI=1S/C14H9BrFN3O/c15-10-5-9(6-11(16)7-10)8-19-14(20)12-3-1-2-4-13(12)17-18-19/h1-7H,8H2. The van der Waals surface area contributed by atoms with Gasteiger partial charge in [-0.25, -0.2) is 9.07 Å². The molecule has 1 heterocycles. The molecule has 0 aliphatic heterocycles. The molecule has 100 valence electrons. The van der Waals surface area contributed by atoms with Gasteiger partial charge in [0.15, 0.2) is 0 Å². The maximum absolute atomic E-state index is 13.3. The third kappa shape index (κ3) is 2.46. The van der Waals surface area contributed by atoms with E-state index in [9.17, 15) is 9.18 Å². The van der Waals surface area contributed by atoms with Crippen LogP contribution in [0.2, 0.25) is 0 Å². The Morgan fingerprint density at radius 1 is 1.20 bits per heavy atom. The van der Waals surface area contributed by atoms with Crippen LogP contribution in [-0.4, -0.2) is 15.0 Å². The molecule has 0 saturated heterocycles. The Morgan fingerprint density at radius 3 is 2.80 bits per heavy atom. The minimum Gasteiger partial charge on any atom is -0.267 e. The molecule has 3 rings (SSSR count). The van der Waals surface area contributed by atoms with Gasteiger partial charge in [-0.3, -0.25) is 4.79 Å². The molecule has 0 unspecified atom stereocenters. The van der Waals surface area contributed by atoms with Gasteiger partial charge in [-0.05, 0) is 35.9 Å². The number of aromatic nitrogens is 3. The van der Waals surface area contributed by atoms with Crippen LogP contribution in [-0.2, 0) is 6.54 Å². The summed E-state index contributed by atoms with van der Waals surface area (Å²) < 4.78 is 15.2. The molecular formula is C14H9BrFN3O. The van der Waals surface area contributed by atoms with E-state index >= 15 is 0 Å². The highest BCUT2D eigenvalue weighted by atomic mass is 79.9. The van der Waals surface area contributed by atoms with Gasteiger partial charge in [0, 0.05) is 4.47 Å². The zero-order valence-electron chi connectivity index (χ0n) is 10.3. The monoisotopic (exact) mass is 333 g/mol. The quantitative estimate of drug-likeness (QED) is 0.724. The first kappa shape index (κ1) is 12.9. The molecule has 0 fully saturated rings. The maximum Gasteiger partial charge on any atom is 0.277 e. The lowest BCUT2D eigenvalue weighted by molar-refractivity contribution is 0.589. The van der Waals surface area contributed by atoms with Gasteiger partial charge in [-0.15, -0.1) is 5.10 Å².